The number of piperidine rings is 1. The van der Waals surface area contributed by atoms with E-state index in [2.05, 4.69) is 10.6 Å². The van der Waals surface area contributed by atoms with Crippen molar-refractivity contribution in [3.63, 3.8) is 0 Å². The standard InChI is InChI=1S/C11H20N2O3S.ClH/c1-11(4-6-17(15,16)8-11)13-10(14)9-3-2-5-12-7-9;/h9,12H,2-8H2,1H3,(H,13,14);1H/t9-,11?;/m1./s1. The summed E-state index contributed by atoms with van der Waals surface area (Å²) in [7, 11) is -2.96. The Morgan fingerprint density at radius 3 is 2.67 bits per heavy atom. The zero-order chi connectivity index (χ0) is 12.5. The van der Waals surface area contributed by atoms with E-state index in [1.165, 1.54) is 0 Å². The van der Waals surface area contributed by atoms with Crippen molar-refractivity contribution < 1.29 is 13.2 Å². The molecule has 106 valence electrons. The summed E-state index contributed by atoms with van der Waals surface area (Å²) in [6.45, 7) is 3.50. The van der Waals surface area contributed by atoms with Gasteiger partial charge in [0.2, 0.25) is 5.91 Å². The number of nitrogens with one attached hydrogen (secondary N) is 2. The van der Waals surface area contributed by atoms with Crippen molar-refractivity contribution >= 4 is 28.2 Å². The molecule has 2 heterocycles. The molecule has 1 unspecified atom stereocenters. The average Bonchev–Trinajstić information content (AvgIpc) is 2.54. The number of rotatable bonds is 2. The van der Waals surface area contributed by atoms with Crippen molar-refractivity contribution in [2.24, 2.45) is 5.92 Å². The molecule has 7 heteroatoms. The molecule has 0 aromatic rings. The molecule has 0 aliphatic carbocycles. The Labute approximate surface area is 114 Å². The van der Waals surface area contributed by atoms with Gasteiger partial charge in [-0.25, -0.2) is 8.42 Å². The lowest BCUT2D eigenvalue weighted by molar-refractivity contribution is -0.127. The van der Waals surface area contributed by atoms with E-state index in [1.807, 2.05) is 6.92 Å². The molecule has 2 rings (SSSR count). The predicted octanol–water partition coefficient (Wildman–Crippen LogP) is 0.101. The van der Waals surface area contributed by atoms with Gasteiger partial charge in [0.25, 0.3) is 0 Å². The van der Waals surface area contributed by atoms with Crippen LogP contribution in [0.25, 0.3) is 0 Å². The van der Waals surface area contributed by atoms with Gasteiger partial charge in [0, 0.05) is 6.54 Å². The van der Waals surface area contributed by atoms with Crippen LogP contribution in [0.2, 0.25) is 0 Å². The van der Waals surface area contributed by atoms with Gasteiger partial charge in [0.05, 0.1) is 23.0 Å². The van der Waals surface area contributed by atoms with Crippen LogP contribution in [0.3, 0.4) is 0 Å². The minimum absolute atomic E-state index is 0. The monoisotopic (exact) mass is 296 g/mol. The van der Waals surface area contributed by atoms with Crippen molar-refractivity contribution in [3.05, 3.63) is 0 Å². The van der Waals surface area contributed by atoms with E-state index in [1.54, 1.807) is 0 Å². The van der Waals surface area contributed by atoms with Crippen molar-refractivity contribution in [2.75, 3.05) is 24.6 Å². The first-order valence-corrected chi connectivity index (χ1v) is 7.96. The van der Waals surface area contributed by atoms with Crippen molar-refractivity contribution in [3.8, 4) is 0 Å². The Bertz CT molecular complexity index is 407. The third kappa shape index (κ3) is 3.83. The van der Waals surface area contributed by atoms with Gasteiger partial charge in [-0.1, -0.05) is 0 Å². The van der Waals surface area contributed by atoms with Crippen LogP contribution in [0.5, 0.6) is 0 Å². The normalized spacial score (nSPS) is 34.6. The van der Waals surface area contributed by atoms with Crippen molar-refractivity contribution in [1.29, 1.82) is 0 Å². The third-order valence-electron chi connectivity index (χ3n) is 3.60. The lowest BCUT2D eigenvalue weighted by atomic mass is 9.95. The number of sulfone groups is 1. The molecule has 1 amide bonds. The van der Waals surface area contributed by atoms with E-state index >= 15 is 0 Å². The van der Waals surface area contributed by atoms with E-state index in [0.717, 1.165) is 19.4 Å². The molecule has 2 N–H and O–H groups in total. The van der Waals surface area contributed by atoms with Crippen LogP contribution in [0.15, 0.2) is 0 Å². The second-order valence-electron chi connectivity index (χ2n) is 5.44. The maximum absolute atomic E-state index is 12.0. The van der Waals surface area contributed by atoms with E-state index in [-0.39, 0.29) is 35.7 Å². The summed E-state index contributed by atoms with van der Waals surface area (Å²) in [6.07, 6.45) is 2.43. The molecule has 2 saturated heterocycles. The lowest BCUT2D eigenvalue weighted by Gasteiger charge is -2.29. The van der Waals surface area contributed by atoms with Crippen molar-refractivity contribution in [2.45, 2.75) is 31.7 Å². The number of carbonyl (C=O) groups is 1. The van der Waals surface area contributed by atoms with Crippen LogP contribution in [0.1, 0.15) is 26.2 Å². The van der Waals surface area contributed by atoms with E-state index in [0.29, 0.717) is 13.0 Å². The molecule has 2 aliphatic heterocycles. The quantitative estimate of drug-likeness (QED) is 0.758. The van der Waals surface area contributed by atoms with Gasteiger partial charge in [0.1, 0.15) is 0 Å². The molecular formula is C11H21ClN2O3S. The summed E-state index contributed by atoms with van der Waals surface area (Å²) in [6, 6.07) is 0. The fourth-order valence-electron chi connectivity index (χ4n) is 2.58. The molecule has 0 saturated carbocycles. The number of carbonyl (C=O) groups excluding carboxylic acids is 1. The Morgan fingerprint density at radius 1 is 1.44 bits per heavy atom. The summed E-state index contributed by atoms with van der Waals surface area (Å²) in [5.74, 6) is 0.249. The van der Waals surface area contributed by atoms with Gasteiger partial charge in [-0.2, -0.15) is 0 Å². The minimum Gasteiger partial charge on any atom is -0.350 e. The molecule has 0 aromatic heterocycles. The largest absolute Gasteiger partial charge is 0.350 e. The Kier molecular flexibility index (Phi) is 5.03. The highest BCUT2D eigenvalue weighted by molar-refractivity contribution is 7.91. The minimum atomic E-state index is -2.96. The van der Waals surface area contributed by atoms with Gasteiger partial charge in [0.15, 0.2) is 9.84 Å². The van der Waals surface area contributed by atoms with Crippen LogP contribution in [-0.2, 0) is 14.6 Å². The maximum Gasteiger partial charge on any atom is 0.224 e. The van der Waals surface area contributed by atoms with Crippen LogP contribution in [0.4, 0.5) is 0 Å². The topological polar surface area (TPSA) is 75.3 Å². The highest BCUT2D eigenvalue weighted by atomic mass is 35.5. The highest BCUT2D eigenvalue weighted by Crippen LogP contribution is 2.23. The molecule has 2 aliphatic rings. The van der Waals surface area contributed by atoms with Crippen molar-refractivity contribution in [1.82, 2.24) is 10.6 Å². The van der Waals surface area contributed by atoms with Gasteiger partial charge in [-0.05, 0) is 32.7 Å². The van der Waals surface area contributed by atoms with Gasteiger partial charge in [-0.15, -0.1) is 12.4 Å². The molecule has 0 spiro atoms. The molecule has 5 nitrogen and oxygen atoms in total. The van der Waals surface area contributed by atoms with Crippen LogP contribution >= 0.6 is 12.4 Å². The molecule has 0 radical (unpaired) electrons. The SMILES string of the molecule is CC1(NC(=O)[C@@H]2CCCNC2)CCS(=O)(=O)C1.Cl. The molecule has 0 aromatic carbocycles. The summed E-state index contributed by atoms with van der Waals surface area (Å²) in [4.78, 5) is 12.0. The Hall–Kier alpha value is -0.330. The fourth-order valence-corrected chi connectivity index (χ4v) is 4.68. The highest BCUT2D eigenvalue weighted by Gasteiger charge is 2.40. The van der Waals surface area contributed by atoms with E-state index < -0.39 is 15.4 Å². The maximum atomic E-state index is 12.0. The van der Waals surface area contributed by atoms with Crippen LogP contribution in [-0.4, -0.2) is 44.5 Å². The first-order chi connectivity index (χ1) is 7.90. The number of amides is 1. The van der Waals surface area contributed by atoms with Gasteiger partial charge in [-0.3, -0.25) is 4.79 Å². The molecule has 2 fully saturated rings. The Balaban J connectivity index is 0.00000162. The molecule has 2 atom stereocenters. The fraction of sp³-hybridized carbons (Fsp3) is 0.909. The summed E-state index contributed by atoms with van der Waals surface area (Å²) in [5, 5.41) is 6.11. The summed E-state index contributed by atoms with van der Waals surface area (Å²) < 4.78 is 22.9. The smallest absolute Gasteiger partial charge is 0.224 e. The summed E-state index contributed by atoms with van der Waals surface area (Å²) >= 11 is 0. The molecular weight excluding hydrogens is 276 g/mol. The number of hydrogen-bond donors (Lipinski definition) is 2. The molecule has 18 heavy (non-hydrogen) atoms. The van der Waals surface area contributed by atoms with Gasteiger partial charge >= 0.3 is 0 Å². The first kappa shape index (κ1) is 15.7. The average molecular weight is 297 g/mol. The van der Waals surface area contributed by atoms with Crippen LogP contribution in [0, 0.1) is 5.92 Å². The summed E-state index contributed by atoms with van der Waals surface area (Å²) in [5.41, 5.74) is -0.562. The number of halogens is 1. The zero-order valence-corrected chi connectivity index (χ0v) is 12.2. The first-order valence-electron chi connectivity index (χ1n) is 6.13. The second-order valence-corrected chi connectivity index (χ2v) is 7.62. The van der Waals surface area contributed by atoms with E-state index in [9.17, 15) is 13.2 Å². The third-order valence-corrected chi connectivity index (χ3v) is 5.50. The van der Waals surface area contributed by atoms with Gasteiger partial charge < -0.3 is 10.6 Å². The number of hydrogen-bond acceptors (Lipinski definition) is 4. The zero-order valence-electron chi connectivity index (χ0n) is 10.6. The van der Waals surface area contributed by atoms with E-state index in [4.69, 9.17) is 0 Å². The predicted molar refractivity (Wildman–Crippen MR) is 72.7 cm³/mol. The molecule has 0 bridgehead atoms. The Morgan fingerprint density at radius 2 is 2.17 bits per heavy atom. The lowest BCUT2D eigenvalue weighted by Crippen LogP contribution is -2.51. The van der Waals surface area contributed by atoms with Crippen LogP contribution < -0.4 is 10.6 Å². The second kappa shape index (κ2) is 5.75.